The van der Waals surface area contributed by atoms with Gasteiger partial charge in [0, 0.05) is 6.07 Å². The molecule has 20 heavy (non-hydrogen) atoms. The van der Waals surface area contributed by atoms with Crippen LogP contribution < -0.4 is 19.9 Å². The lowest BCUT2D eigenvalue weighted by molar-refractivity contribution is 0.0170. The van der Waals surface area contributed by atoms with Gasteiger partial charge in [0.25, 0.3) is 5.92 Å². The van der Waals surface area contributed by atoms with Crippen molar-refractivity contribution in [1.29, 1.82) is 0 Å². The SMILES string of the molecule is COc1ccc(S(=O)(=O)NCC(F)(F)CN)c(OC)c1. The highest BCUT2D eigenvalue weighted by atomic mass is 32.2. The van der Waals surface area contributed by atoms with Gasteiger partial charge in [0.05, 0.1) is 27.3 Å². The molecule has 0 aliphatic rings. The number of methoxy groups -OCH3 is 2. The minimum absolute atomic E-state index is 0.00656. The third-order valence-electron chi connectivity index (χ3n) is 2.48. The van der Waals surface area contributed by atoms with Gasteiger partial charge in [-0.2, -0.15) is 0 Å². The molecule has 9 heteroatoms. The maximum atomic E-state index is 13.0. The maximum Gasteiger partial charge on any atom is 0.273 e. The number of sulfonamides is 1. The molecule has 0 bridgehead atoms. The molecule has 1 aromatic rings. The van der Waals surface area contributed by atoms with Gasteiger partial charge in [-0.05, 0) is 12.1 Å². The van der Waals surface area contributed by atoms with Crippen LogP contribution in [0.1, 0.15) is 0 Å². The van der Waals surface area contributed by atoms with Crippen LogP contribution in [0.5, 0.6) is 11.5 Å². The third kappa shape index (κ3) is 4.02. The molecule has 0 atom stereocenters. The van der Waals surface area contributed by atoms with Crippen molar-refractivity contribution in [3.05, 3.63) is 18.2 Å². The largest absolute Gasteiger partial charge is 0.497 e. The highest BCUT2D eigenvalue weighted by Gasteiger charge is 2.30. The predicted octanol–water partition coefficient (Wildman–Crippen LogP) is 0.576. The van der Waals surface area contributed by atoms with E-state index in [9.17, 15) is 17.2 Å². The molecule has 0 saturated heterocycles. The van der Waals surface area contributed by atoms with Crippen LogP contribution in [0.3, 0.4) is 0 Å². The molecule has 0 aliphatic heterocycles. The number of nitrogens with two attached hydrogens (primary N) is 1. The zero-order chi connectivity index (χ0) is 15.4. The van der Waals surface area contributed by atoms with Crippen molar-refractivity contribution < 1.29 is 26.7 Å². The minimum Gasteiger partial charge on any atom is -0.497 e. The Morgan fingerprint density at radius 1 is 1.30 bits per heavy atom. The molecular formula is C11H16F2N2O4S. The number of nitrogens with one attached hydrogen (secondary N) is 1. The Kier molecular flexibility index (Phi) is 5.26. The summed E-state index contributed by atoms with van der Waals surface area (Å²) in [6.07, 6.45) is 0. The summed E-state index contributed by atoms with van der Waals surface area (Å²) < 4.78 is 61.6. The van der Waals surface area contributed by atoms with Gasteiger partial charge in [-0.25, -0.2) is 21.9 Å². The molecule has 1 rings (SSSR count). The summed E-state index contributed by atoms with van der Waals surface area (Å²) in [6.45, 7) is -2.03. The first-order valence-corrected chi connectivity index (χ1v) is 7.03. The van der Waals surface area contributed by atoms with Crippen LogP contribution in [0, 0.1) is 0 Å². The quantitative estimate of drug-likeness (QED) is 0.768. The third-order valence-corrected chi connectivity index (χ3v) is 3.92. The van der Waals surface area contributed by atoms with Gasteiger partial charge in [-0.3, -0.25) is 0 Å². The van der Waals surface area contributed by atoms with Gasteiger partial charge in [0.15, 0.2) is 0 Å². The molecule has 0 unspecified atom stereocenters. The second-order valence-electron chi connectivity index (χ2n) is 3.90. The van der Waals surface area contributed by atoms with Crippen molar-refractivity contribution in [3.63, 3.8) is 0 Å². The second-order valence-corrected chi connectivity index (χ2v) is 5.64. The van der Waals surface area contributed by atoms with Gasteiger partial charge in [0.2, 0.25) is 10.0 Å². The monoisotopic (exact) mass is 310 g/mol. The maximum absolute atomic E-state index is 13.0. The Labute approximate surface area is 115 Å². The fraction of sp³-hybridized carbons (Fsp3) is 0.455. The molecule has 3 N–H and O–H groups in total. The van der Waals surface area contributed by atoms with Crippen LogP contribution in [-0.4, -0.2) is 41.6 Å². The summed E-state index contributed by atoms with van der Waals surface area (Å²) in [5, 5.41) is 0. The summed E-state index contributed by atoms with van der Waals surface area (Å²) in [6, 6.07) is 3.94. The molecule has 0 heterocycles. The van der Waals surface area contributed by atoms with Crippen molar-refractivity contribution in [3.8, 4) is 11.5 Å². The lowest BCUT2D eigenvalue weighted by Crippen LogP contribution is -2.41. The summed E-state index contributed by atoms with van der Waals surface area (Å²) in [5.41, 5.74) is 4.84. The first-order valence-electron chi connectivity index (χ1n) is 5.55. The molecule has 1 aromatic carbocycles. The number of rotatable bonds is 7. The van der Waals surface area contributed by atoms with E-state index >= 15 is 0 Å². The average Bonchev–Trinajstić information content (AvgIpc) is 2.44. The van der Waals surface area contributed by atoms with Crippen LogP contribution in [0.2, 0.25) is 0 Å². The van der Waals surface area contributed by atoms with E-state index in [0.29, 0.717) is 5.75 Å². The molecule has 0 saturated carbocycles. The Balaban J connectivity index is 3.03. The number of hydrogen-bond donors (Lipinski definition) is 2. The van der Waals surface area contributed by atoms with Crippen molar-refractivity contribution in [2.75, 3.05) is 27.3 Å². The summed E-state index contributed by atoms with van der Waals surface area (Å²) in [5.74, 6) is -2.94. The van der Waals surface area contributed by atoms with E-state index in [-0.39, 0.29) is 10.6 Å². The highest BCUT2D eigenvalue weighted by Crippen LogP contribution is 2.28. The van der Waals surface area contributed by atoms with Crippen molar-refractivity contribution in [2.24, 2.45) is 5.73 Å². The molecule has 0 aromatic heterocycles. The summed E-state index contributed by atoms with van der Waals surface area (Å²) in [4.78, 5) is -0.256. The van der Waals surface area contributed by atoms with Crippen LogP contribution >= 0.6 is 0 Å². The Morgan fingerprint density at radius 2 is 1.95 bits per heavy atom. The zero-order valence-corrected chi connectivity index (χ0v) is 11.8. The van der Waals surface area contributed by atoms with Crippen LogP contribution in [0.15, 0.2) is 23.1 Å². The molecule has 0 spiro atoms. The molecule has 0 radical (unpaired) electrons. The van der Waals surface area contributed by atoms with Crippen LogP contribution in [0.25, 0.3) is 0 Å². The van der Waals surface area contributed by atoms with E-state index in [1.165, 1.54) is 32.4 Å². The number of ether oxygens (including phenoxy) is 2. The van der Waals surface area contributed by atoms with E-state index in [2.05, 4.69) is 0 Å². The van der Waals surface area contributed by atoms with Crippen molar-refractivity contribution in [1.82, 2.24) is 4.72 Å². The smallest absolute Gasteiger partial charge is 0.273 e. The molecule has 0 aliphatic carbocycles. The Morgan fingerprint density at radius 3 is 2.45 bits per heavy atom. The van der Waals surface area contributed by atoms with E-state index in [4.69, 9.17) is 15.2 Å². The first-order chi connectivity index (χ1) is 9.25. The van der Waals surface area contributed by atoms with E-state index < -0.39 is 29.0 Å². The summed E-state index contributed by atoms with van der Waals surface area (Å²) >= 11 is 0. The van der Waals surface area contributed by atoms with Crippen LogP contribution in [0.4, 0.5) is 8.78 Å². The molecule has 0 fully saturated rings. The molecule has 6 nitrogen and oxygen atoms in total. The Hall–Kier alpha value is -1.45. The van der Waals surface area contributed by atoms with Gasteiger partial charge >= 0.3 is 0 Å². The molecular weight excluding hydrogens is 294 g/mol. The highest BCUT2D eigenvalue weighted by molar-refractivity contribution is 7.89. The van der Waals surface area contributed by atoms with E-state index in [1.807, 2.05) is 0 Å². The van der Waals surface area contributed by atoms with Gasteiger partial charge < -0.3 is 15.2 Å². The van der Waals surface area contributed by atoms with Gasteiger partial charge in [-0.1, -0.05) is 0 Å². The Bertz CT molecular complexity index is 564. The van der Waals surface area contributed by atoms with Crippen molar-refractivity contribution >= 4 is 10.0 Å². The lowest BCUT2D eigenvalue weighted by atomic mass is 10.3. The fourth-order valence-corrected chi connectivity index (χ4v) is 2.56. The fourth-order valence-electron chi connectivity index (χ4n) is 1.35. The van der Waals surface area contributed by atoms with Crippen LogP contribution in [-0.2, 0) is 10.0 Å². The standard InChI is InChI=1S/C11H16F2N2O4S/c1-18-8-3-4-10(9(5-8)19-2)20(16,17)15-7-11(12,13)6-14/h3-5,15H,6-7,14H2,1-2H3. The molecule has 114 valence electrons. The normalized spacial score (nSPS) is 12.2. The van der Waals surface area contributed by atoms with Crippen molar-refractivity contribution in [2.45, 2.75) is 10.8 Å². The first kappa shape index (κ1) is 16.6. The number of hydrogen-bond acceptors (Lipinski definition) is 5. The second kappa shape index (κ2) is 6.33. The minimum atomic E-state index is -4.14. The summed E-state index contributed by atoms with van der Waals surface area (Å²) in [7, 11) is -1.47. The van der Waals surface area contributed by atoms with Gasteiger partial charge in [-0.15, -0.1) is 0 Å². The van der Waals surface area contributed by atoms with E-state index in [0.717, 1.165) is 0 Å². The van der Waals surface area contributed by atoms with Gasteiger partial charge in [0.1, 0.15) is 16.4 Å². The number of halogens is 2. The number of alkyl halides is 2. The predicted molar refractivity (Wildman–Crippen MR) is 68.7 cm³/mol. The molecule has 0 amide bonds. The zero-order valence-electron chi connectivity index (χ0n) is 11.0. The number of benzene rings is 1. The topological polar surface area (TPSA) is 90.7 Å². The average molecular weight is 310 g/mol. The lowest BCUT2D eigenvalue weighted by Gasteiger charge is -2.16. The van der Waals surface area contributed by atoms with E-state index in [1.54, 1.807) is 4.72 Å².